The normalized spacial score (nSPS) is 23.2. The van der Waals surface area contributed by atoms with Gasteiger partial charge in [-0.25, -0.2) is 0 Å². The highest BCUT2D eigenvalue weighted by Gasteiger charge is 2.29. The SMILES string of the molecule is CC(C)N1CCN(CCCN2CCC(O)c3c(ccn3C)C2=O)CC1. The zero-order chi connectivity index (χ0) is 18.0. The van der Waals surface area contributed by atoms with E-state index in [1.165, 1.54) is 0 Å². The van der Waals surface area contributed by atoms with E-state index in [4.69, 9.17) is 0 Å². The Kier molecular flexibility index (Phi) is 5.81. The molecule has 1 amide bonds. The number of aryl methyl sites for hydroxylation is 1. The molecular formula is C19H32N4O2. The fraction of sp³-hybridized carbons (Fsp3) is 0.737. The first-order valence-corrected chi connectivity index (χ1v) is 9.56. The molecule has 6 heteroatoms. The number of aliphatic hydroxyl groups is 1. The third kappa shape index (κ3) is 4.07. The summed E-state index contributed by atoms with van der Waals surface area (Å²) in [5.41, 5.74) is 1.43. The number of fused-ring (bicyclic) bond motifs is 1. The maximum absolute atomic E-state index is 12.8. The molecule has 1 atom stereocenters. The molecule has 3 heterocycles. The fourth-order valence-electron chi connectivity index (χ4n) is 4.03. The van der Waals surface area contributed by atoms with E-state index in [1.807, 2.05) is 28.8 Å². The minimum Gasteiger partial charge on any atom is -0.387 e. The van der Waals surface area contributed by atoms with Crippen molar-refractivity contribution in [1.29, 1.82) is 0 Å². The molecule has 25 heavy (non-hydrogen) atoms. The van der Waals surface area contributed by atoms with Crippen LogP contribution in [0.5, 0.6) is 0 Å². The van der Waals surface area contributed by atoms with Gasteiger partial charge in [0.05, 0.1) is 17.4 Å². The molecule has 1 aromatic heterocycles. The molecule has 1 saturated heterocycles. The Bertz CT molecular complexity index is 590. The Labute approximate surface area is 151 Å². The summed E-state index contributed by atoms with van der Waals surface area (Å²) in [7, 11) is 1.89. The first kappa shape index (κ1) is 18.4. The van der Waals surface area contributed by atoms with Crippen LogP contribution in [-0.4, -0.2) is 82.1 Å². The minimum atomic E-state index is -0.548. The number of nitrogens with zero attached hydrogens (tertiary/aromatic N) is 4. The third-order valence-electron chi connectivity index (χ3n) is 5.67. The van der Waals surface area contributed by atoms with Gasteiger partial charge in [0.15, 0.2) is 0 Å². The van der Waals surface area contributed by atoms with Gasteiger partial charge in [-0.2, -0.15) is 0 Å². The van der Waals surface area contributed by atoms with E-state index >= 15 is 0 Å². The summed E-state index contributed by atoms with van der Waals surface area (Å²) in [4.78, 5) is 19.7. The van der Waals surface area contributed by atoms with Gasteiger partial charge < -0.3 is 19.5 Å². The summed E-state index contributed by atoms with van der Waals surface area (Å²) in [5, 5.41) is 10.3. The number of rotatable bonds is 5. The zero-order valence-electron chi connectivity index (χ0n) is 15.8. The number of aliphatic hydroxyl groups excluding tert-OH is 1. The van der Waals surface area contributed by atoms with Crippen LogP contribution >= 0.6 is 0 Å². The number of aromatic nitrogens is 1. The first-order chi connectivity index (χ1) is 12.0. The van der Waals surface area contributed by atoms with Crippen LogP contribution in [0.1, 0.15) is 48.8 Å². The maximum atomic E-state index is 12.8. The van der Waals surface area contributed by atoms with Gasteiger partial charge in [0.1, 0.15) is 0 Å². The molecule has 0 bridgehead atoms. The highest BCUT2D eigenvalue weighted by Crippen LogP contribution is 2.27. The lowest BCUT2D eigenvalue weighted by atomic mass is 10.1. The number of carbonyl (C=O) groups excluding carboxylic acids is 1. The summed E-state index contributed by atoms with van der Waals surface area (Å²) in [6.45, 7) is 11.5. The first-order valence-electron chi connectivity index (χ1n) is 9.56. The van der Waals surface area contributed by atoms with E-state index in [-0.39, 0.29) is 5.91 Å². The summed E-state index contributed by atoms with van der Waals surface area (Å²) >= 11 is 0. The average molecular weight is 348 g/mol. The molecule has 6 nitrogen and oxygen atoms in total. The lowest BCUT2D eigenvalue weighted by Gasteiger charge is -2.37. The summed E-state index contributed by atoms with van der Waals surface area (Å²) in [6, 6.07) is 2.47. The van der Waals surface area contributed by atoms with E-state index in [0.29, 0.717) is 24.6 Å². The highest BCUT2D eigenvalue weighted by atomic mass is 16.3. The molecule has 0 spiro atoms. The Hall–Kier alpha value is -1.37. The predicted molar refractivity (Wildman–Crippen MR) is 98.7 cm³/mol. The van der Waals surface area contributed by atoms with Gasteiger partial charge in [-0.05, 0) is 39.3 Å². The molecule has 2 aliphatic rings. The van der Waals surface area contributed by atoms with Crippen molar-refractivity contribution in [1.82, 2.24) is 19.3 Å². The van der Waals surface area contributed by atoms with Crippen molar-refractivity contribution in [2.24, 2.45) is 7.05 Å². The van der Waals surface area contributed by atoms with Crippen molar-refractivity contribution in [3.05, 3.63) is 23.5 Å². The van der Waals surface area contributed by atoms with Crippen LogP contribution in [-0.2, 0) is 7.05 Å². The topological polar surface area (TPSA) is 52.0 Å². The second-order valence-corrected chi connectivity index (χ2v) is 7.65. The van der Waals surface area contributed by atoms with Crippen molar-refractivity contribution in [3.8, 4) is 0 Å². The van der Waals surface area contributed by atoms with Crippen molar-refractivity contribution in [2.75, 3.05) is 45.8 Å². The van der Waals surface area contributed by atoms with Crippen molar-refractivity contribution < 1.29 is 9.90 Å². The van der Waals surface area contributed by atoms with E-state index in [2.05, 4.69) is 23.6 Å². The number of piperazine rings is 1. The minimum absolute atomic E-state index is 0.0665. The van der Waals surface area contributed by atoms with Crippen molar-refractivity contribution in [2.45, 2.75) is 38.8 Å². The predicted octanol–water partition coefficient (Wildman–Crippen LogP) is 1.32. The molecule has 0 radical (unpaired) electrons. The molecule has 140 valence electrons. The number of amides is 1. The highest BCUT2D eigenvalue weighted by molar-refractivity contribution is 5.96. The molecule has 0 aliphatic carbocycles. The van der Waals surface area contributed by atoms with Gasteiger partial charge >= 0.3 is 0 Å². The molecule has 2 aliphatic heterocycles. The Morgan fingerprint density at radius 2 is 1.88 bits per heavy atom. The van der Waals surface area contributed by atoms with Crippen LogP contribution in [0, 0.1) is 0 Å². The molecule has 1 fully saturated rings. The van der Waals surface area contributed by atoms with E-state index in [0.717, 1.165) is 51.4 Å². The maximum Gasteiger partial charge on any atom is 0.255 e. The fourth-order valence-corrected chi connectivity index (χ4v) is 4.03. The largest absolute Gasteiger partial charge is 0.387 e. The number of hydrogen-bond acceptors (Lipinski definition) is 4. The van der Waals surface area contributed by atoms with Gasteiger partial charge in [-0.15, -0.1) is 0 Å². The second-order valence-electron chi connectivity index (χ2n) is 7.65. The Morgan fingerprint density at radius 3 is 2.56 bits per heavy atom. The van der Waals surface area contributed by atoms with Crippen molar-refractivity contribution >= 4 is 5.91 Å². The van der Waals surface area contributed by atoms with Crippen molar-refractivity contribution in [3.63, 3.8) is 0 Å². The lowest BCUT2D eigenvalue weighted by molar-refractivity contribution is 0.0722. The lowest BCUT2D eigenvalue weighted by Crippen LogP contribution is -2.49. The van der Waals surface area contributed by atoms with Crippen LogP contribution in [0.3, 0.4) is 0 Å². The smallest absolute Gasteiger partial charge is 0.255 e. The van der Waals surface area contributed by atoms with E-state index < -0.39 is 6.10 Å². The zero-order valence-corrected chi connectivity index (χ0v) is 15.8. The molecule has 1 unspecified atom stereocenters. The molecule has 0 aromatic carbocycles. The number of carbonyl (C=O) groups is 1. The standard InChI is InChI=1S/C19H32N4O2/c1-15(2)22-13-11-21(12-14-22)7-4-8-23-10-6-17(24)18-16(19(23)25)5-9-20(18)3/h5,9,15,17,24H,4,6-8,10-14H2,1-3H3. The van der Waals surface area contributed by atoms with E-state index in [1.54, 1.807) is 0 Å². The van der Waals surface area contributed by atoms with Gasteiger partial charge in [-0.1, -0.05) is 0 Å². The summed E-state index contributed by atoms with van der Waals surface area (Å²) in [5.74, 6) is 0.0665. The van der Waals surface area contributed by atoms with Crippen LogP contribution in [0.4, 0.5) is 0 Å². The van der Waals surface area contributed by atoms with Crippen LogP contribution in [0.2, 0.25) is 0 Å². The van der Waals surface area contributed by atoms with E-state index in [9.17, 15) is 9.90 Å². The molecule has 1 aromatic rings. The summed E-state index contributed by atoms with van der Waals surface area (Å²) < 4.78 is 1.87. The Balaban J connectivity index is 1.50. The second kappa shape index (κ2) is 7.89. The van der Waals surface area contributed by atoms with Gasteiger partial charge in [0, 0.05) is 58.6 Å². The van der Waals surface area contributed by atoms with Gasteiger partial charge in [0.25, 0.3) is 5.91 Å². The third-order valence-corrected chi connectivity index (χ3v) is 5.67. The Morgan fingerprint density at radius 1 is 1.16 bits per heavy atom. The molecule has 3 rings (SSSR count). The van der Waals surface area contributed by atoms with Gasteiger partial charge in [-0.3, -0.25) is 9.69 Å². The van der Waals surface area contributed by atoms with Gasteiger partial charge in [0.2, 0.25) is 0 Å². The quantitative estimate of drug-likeness (QED) is 0.872. The molecule has 0 saturated carbocycles. The molecular weight excluding hydrogens is 316 g/mol. The van der Waals surface area contributed by atoms with Crippen LogP contribution in [0.15, 0.2) is 12.3 Å². The van der Waals surface area contributed by atoms with Crippen LogP contribution in [0.25, 0.3) is 0 Å². The number of hydrogen-bond donors (Lipinski definition) is 1. The summed E-state index contributed by atoms with van der Waals surface area (Å²) in [6.07, 6.45) is 2.92. The van der Waals surface area contributed by atoms with Crippen LogP contribution < -0.4 is 0 Å². The molecule has 1 N–H and O–H groups in total. The monoisotopic (exact) mass is 348 g/mol. The average Bonchev–Trinajstić information content (AvgIpc) is 2.93.